The largest absolute Gasteiger partial charge is 0.457 e. The average molecular weight is 439 g/mol. The molecule has 2 aromatic carbocycles. The summed E-state index contributed by atoms with van der Waals surface area (Å²) in [4.78, 5) is 24.8. The lowest BCUT2D eigenvalue weighted by atomic mass is 10.1. The van der Waals surface area contributed by atoms with E-state index in [-0.39, 0.29) is 12.5 Å². The quantitative estimate of drug-likeness (QED) is 0.409. The number of hydrogen-bond donors (Lipinski definition) is 0. The standard InChI is InChI=1S/C26H21N3O4/c1-16-4-9-21(14-17(16)2)29-25(30)23(18(3)28-29)15-22-10-11-24(33-22)19-5-7-20(8-6-19)26(31)32-13-12-27/h4-11,14-15H,13H2,1-3H3/b23-15-. The van der Waals surface area contributed by atoms with Crippen LogP contribution in [0.4, 0.5) is 5.69 Å². The van der Waals surface area contributed by atoms with E-state index >= 15 is 0 Å². The van der Waals surface area contributed by atoms with E-state index in [0.717, 1.165) is 22.4 Å². The van der Waals surface area contributed by atoms with E-state index in [1.807, 2.05) is 32.0 Å². The lowest BCUT2D eigenvalue weighted by Gasteiger charge is -2.13. The molecule has 0 N–H and O–H groups in total. The van der Waals surface area contributed by atoms with Crippen LogP contribution in [0.3, 0.4) is 0 Å². The molecule has 2 heterocycles. The number of esters is 1. The van der Waals surface area contributed by atoms with Crippen LogP contribution in [0, 0.1) is 25.2 Å². The molecule has 0 saturated heterocycles. The van der Waals surface area contributed by atoms with Crippen molar-refractivity contribution in [3.8, 4) is 17.4 Å². The minimum atomic E-state index is -0.559. The number of benzene rings is 2. The number of rotatable bonds is 5. The first-order chi connectivity index (χ1) is 15.9. The Balaban J connectivity index is 1.53. The molecule has 0 saturated carbocycles. The summed E-state index contributed by atoms with van der Waals surface area (Å²) in [6.07, 6.45) is 1.68. The molecule has 164 valence electrons. The van der Waals surface area contributed by atoms with Crippen molar-refractivity contribution >= 4 is 29.4 Å². The maximum atomic E-state index is 13.0. The Hall–Kier alpha value is -4.44. The summed E-state index contributed by atoms with van der Waals surface area (Å²) in [5.41, 5.74) is 5.14. The van der Waals surface area contributed by atoms with E-state index < -0.39 is 5.97 Å². The number of nitrogens with zero attached hydrogens (tertiary/aromatic N) is 3. The zero-order valence-corrected chi connectivity index (χ0v) is 18.5. The smallest absolute Gasteiger partial charge is 0.339 e. The molecule has 0 aliphatic carbocycles. The van der Waals surface area contributed by atoms with Crippen LogP contribution in [0.25, 0.3) is 17.4 Å². The molecule has 1 amide bonds. The number of carbonyl (C=O) groups excluding carboxylic acids is 2. The van der Waals surface area contributed by atoms with Gasteiger partial charge in [0.05, 0.1) is 22.5 Å². The highest BCUT2D eigenvalue weighted by Gasteiger charge is 2.29. The number of carbonyl (C=O) groups is 2. The molecular formula is C26H21N3O4. The van der Waals surface area contributed by atoms with Gasteiger partial charge in [0.2, 0.25) is 0 Å². The van der Waals surface area contributed by atoms with Gasteiger partial charge in [0.25, 0.3) is 5.91 Å². The van der Waals surface area contributed by atoms with Gasteiger partial charge >= 0.3 is 5.97 Å². The number of ether oxygens (including phenoxy) is 1. The fraction of sp³-hybridized carbons (Fsp3) is 0.154. The Labute approximate surface area is 191 Å². The number of aryl methyl sites for hydroxylation is 2. The van der Waals surface area contributed by atoms with Crippen LogP contribution in [-0.4, -0.2) is 24.2 Å². The molecule has 1 aliphatic heterocycles. The zero-order valence-electron chi connectivity index (χ0n) is 18.5. The highest BCUT2D eigenvalue weighted by Crippen LogP contribution is 2.28. The molecule has 0 bridgehead atoms. The van der Waals surface area contributed by atoms with E-state index in [9.17, 15) is 9.59 Å². The van der Waals surface area contributed by atoms with E-state index in [4.69, 9.17) is 14.4 Å². The molecule has 0 atom stereocenters. The van der Waals surface area contributed by atoms with Crippen molar-refractivity contribution in [3.63, 3.8) is 0 Å². The topological polar surface area (TPSA) is 95.9 Å². The molecule has 0 fully saturated rings. The fourth-order valence-corrected chi connectivity index (χ4v) is 3.40. The van der Waals surface area contributed by atoms with Crippen molar-refractivity contribution in [2.24, 2.45) is 5.10 Å². The molecule has 1 aromatic heterocycles. The van der Waals surface area contributed by atoms with Gasteiger partial charge in [-0.05, 0) is 74.4 Å². The first-order valence-corrected chi connectivity index (χ1v) is 10.3. The first-order valence-electron chi connectivity index (χ1n) is 10.3. The second-order valence-corrected chi connectivity index (χ2v) is 7.64. The molecule has 0 radical (unpaired) electrons. The summed E-state index contributed by atoms with van der Waals surface area (Å²) in [6, 6.07) is 17.8. The van der Waals surface area contributed by atoms with Crippen molar-refractivity contribution in [2.45, 2.75) is 20.8 Å². The van der Waals surface area contributed by atoms with Crippen molar-refractivity contribution in [3.05, 3.63) is 82.6 Å². The van der Waals surface area contributed by atoms with Crippen molar-refractivity contribution in [1.82, 2.24) is 0 Å². The second-order valence-electron chi connectivity index (χ2n) is 7.64. The Bertz CT molecular complexity index is 1340. The Morgan fingerprint density at radius 3 is 2.55 bits per heavy atom. The third-order valence-electron chi connectivity index (χ3n) is 5.38. The summed E-state index contributed by atoms with van der Waals surface area (Å²) in [5.74, 6) is 0.330. The number of anilines is 1. The van der Waals surface area contributed by atoms with Crippen LogP contribution in [0.5, 0.6) is 0 Å². The van der Waals surface area contributed by atoms with Crippen LogP contribution in [0.1, 0.15) is 34.2 Å². The minimum absolute atomic E-state index is 0.214. The highest BCUT2D eigenvalue weighted by molar-refractivity contribution is 6.32. The Morgan fingerprint density at radius 2 is 1.85 bits per heavy atom. The molecular weight excluding hydrogens is 418 g/mol. The van der Waals surface area contributed by atoms with Crippen LogP contribution >= 0.6 is 0 Å². The molecule has 0 spiro atoms. The average Bonchev–Trinajstić information content (AvgIpc) is 3.40. The van der Waals surface area contributed by atoms with Gasteiger partial charge in [-0.1, -0.05) is 18.2 Å². The van der Waals surface area contributed by atoms with E-state index in [2.05, 4.69) is 5.10 Å². The first kappa shape index (κ1) is 21.8. The predicted octanol–water partition coefficient (Wildman–Crippen LogP) is 5.05. The summed E-state index contributed by atoms with van der Waals surface area (Å²) in [7, 11) is 0. The molecule has 7 heteroatoms. The number of furan rings is 1. The Kier molecular flexibility index (Phi) is 5.92. The number of hydrogen-bond acceptors (Lipinski definition) is 6. The van der Waals surface area contributed by atoms with Gasteiger partial charge in [0, 0.05) is 5.56 Å². The van der Waals surface area contributed by atoms with Crippen LogP contribution in [0.2, 0.25) is 0 Å². The van der Waals surface area contributed by atoms with Gasteiger partial charge in [-0.15, -0.1) is 0 Å². The molecule has 1 aliphatic rings. The van der Waals surface area contributed by atoms with E-state index in [1.165, 1.54) is 5.01 Å². The van der Waals surface area contributed by atoms with Crippen LogP contribution < -0.4 is 5.01 Å². The summed E-state index contributed by atoms with van der Waals surface area (Å²) in [6.45, 7) is 5.52. The molecule has 7 nitrogen and oxygen atoms in total. The van der Waals surface area contributed by atoms with E-state index in [1.54, 1.807) is 55.5 Å². The van der Waals surface area contributed by atoms with Gasteiger partial charge in [-0.2, -0.15) is 15.4 Å². The molecule has 0 unspecified atom stereocenters. The second kappa shape index (κ2) is 8.97. The van der Waals surface area contributed by atoms with Crippen molar-refractivity contribution < 1.29 is 18.7 Å². The normalized spacial score (nSPS) is 14.4. The molecule has 33 heavy (non-hydrogen) atoms. The monoisotopic (exact) mass is 439 g/mol. The third kappa shape index (κ3) is 4.46. The van der Waals surface area contributed by atoms with E-state index in [0.29, 0.717) is 28.4 Å². The number of amides is 1. The van der Waals surface area contributed by atoms with Gasteiger partial charge < -0.3 is 9.15 Å². The number of nitriles is 1. The summed E-state index contributed by atoms with van der Waals surface area (Å²) < 4.78 is 10.7. The minimum Gasteiger partial charge on any atom is -0.457 e. The highest BCUT2D eigenvalue weighted by atomic mass is 16.5. The predicted molar refractivity (Wildman–Crippen MR) is 125 cm³/mol. The zero-order chi connectivity index (χ0) is 23.5. The molecule has 4 rings (SSSR count). The lowest BCUT2D eigenvalue weighted by Crippen LogP contribution is -2.21. The third-order valence-corrected chi connectivity index (χ3v) is 5.38. The lowest BCUT2D eigenvalue weighted by molar-refractivity contribution is -0.114. The van der Waals surface area contributed by atoms with Crippen molar-refractivity contribution in [2.75, 3.05) is 11.6 Å². The summed E-state index contributed by atoms with van der Waals surface area (Å²) in [5, 5.41) is 14.3. The summed E-state index contributed by atoms with van der Waals surface area (Å²) >= 11 is 0. The van der Waals surface area contributed by atoms with Gasteiger partial charge in [0.1, 0.15) is 17.6 Å². The van der Waals surface area contributed by atoms with Gasteiger partial charge in [0.15, 0.2) is 6.61 Å². The molecule has 3 aromatic rings. The Morgan fingerprint density at radius 1 is 1.09 bits per heavy atom. The fourth-order valence-electron chi connectivity index (χ4n) is 3.40. The van der Waals surface area contributed by atoms with Crippen LogP contribution in [0.15, 0.2) is 69.7 Å². The van der Waals surface area contributed by atoms with Crippen molar-refractivity contribution in [1.29, 1.82) is 5.26 Å². The number of hydrazone groups is 1. The van der Waals surface area contributed by atoms with Gasteiger partial charge in [-0.25, -0.2) is 4.79 Å². The van der Waals surface area contributed by atoms with Crippen LogP contribution in [-0.2, 0) is 9.53 Å². The maximum absolute atomic E-state index is 13.0. The van der Waals surface area contributed by atoms with Gasteiger partial charge in [-0.3, -0.25) is 4.79 Å². The SMILES string of the molecule is CC1=NN(c2ccc(C)c(C)c2)C(=O)/C1=C\c1ccc(-c2ccc(C(=O)OCC#N)cc2)o1. The maximum Gasteiger partial charge on any atom is 0.339 e.